The van der Waals surface area contributed by atoms with Gasteiger partial charge >= 0.3 is 0 Å². The van der Waals surface area contributed by atoms with Crippen LogP contribution < -0.4 is 5.32 Å². The molecule has 32 heavy (non-hydrogen) atoms. The van der Waals surface area contributed by atoms with Gasteiger partial charge in [-0.1, -0.05) is 12.1 Å². The summed E-state index contributed by atoms with van der Waals surface area (Å²) in [5.41, 5.74) is 6.28. The maximum Gasteiger partial charge on any atom is 0.220 e. The lowest BCUT2D eigenvalue weighted by Crippen LogP contribution is -2.25. The van der Waals surface area contributed by atoms with Crippen molar-refractivity contribution in [3.63, 3.8) is 0 Å². The minimum atomic E-state index is 0.128. The highest BCUT2D eigenvalue weighted by atomic mass is 16.3. The van der Waals surface area contributed by atoms with E-state index in [2.05, 4.69) is 23.2 Å². The number of hydrogen-bond donors (Lipinski definition) is 2. The second kappa shape index (κ2) is 8.54. The van der Waals surface area contributed by atoms with Gasteiger partial charge in [-0.2, -0.15) is 5.10 Å². The Kier molecular flexibility index (Phi) is 5.59. The average molecular weight is 434 g/mol. The van der Waals surface area contributed by atoms with Crippen LogP contribution in [0.3, 0.4) is 0 Å². The number of nitrogens with zero attached hydrogens (tertiary/aromatic N) is 4. The third-order valence-electron chi connectivity index (χ3n) is 6.75. The molecule has 2 N–H and O–H groups in total. The van der Waals surface area contributed by atoms with Gasteiger partial charge in [-0.15, -0.1) is 0 Å². The van der Waals surface area contributed by atoms with Gasteiger partial charge < -0.3 is 10.4 Å². The number of hydrogen-bond acceptors (Lipinski definition) is 5. The number of carbonyl (C=O) groups excluding carboxylic acids is 1. The lowest BCUT2D eigenvalue weighted by Gasteiger charge is -2.23. The van der Waals surface area contributed by atoms with Crippen LogP contribution in [0.15, 0.2) is 30.3 Å². The Bertz CT molecular complexity index is 1130. The minimum Gasteiger partial charge on any atom is -0.508 e. The highest BCUT2D eigenvalue weighted by Crippen LogP contribution is 2.33. The van der Waals surface area contributed by atoms with Crippen LogP contribution >= 0.6 is 0 Å². The number of nitrogens with one attached hydrogen (secondary N) is 1. The van der Waals surface area contributed by atoms with E-state index in [1.165, 1.54) is 5.56 Å². The van der Waals surface area contributed by atoms with Crippen molar-refractivity contribution in [2.75, 3.05) is 6.54 Å². The lowest BCUT2D eigenvalue weighted by molar-refractivity contribution is -0.121. The first-order chi connectivity index (χ1) is 15.5. The molecule has 0 spiro atoms. The molecule has 5 rings (SSSR count). The summed E-state index contributed by atoms with van der Waals surface area (Å²) in [5, 5.41) is 17.6. The number of phenols is 1. The van der Waals surface area contributed by atoms with E-state index < -0.39 is 0 Å². The number of amides is 1. The number of rotatable bonds is 7. The molecule has 2 fully saturated rings. The molecular weight excluding hydrogens is 402 g/mol. The number of fused-ring (bicyclic) bond motifs is 1. The fourth-order valence-electron chi connectivity index (χ4n) is 4.82. The summed E-state index contributed by atoms with van der Waals surface area (Å²) in [7, 11) is 0. The molecule has 1 amide bonds. The van der Waals surface area contributed by atoms with E-state index in [1.54, 1.807) is 12.1 Å². The zero-order valence-corrected chi connectivity index (χ0v) is 18.8. The van der Waals surface area contributed by atoms with E-state index in [0.717, 1.165) is 67.1 Å². The molecule has 168 valence electrons. The number of phenolic OH excluding ortho intramolecular Hbond substituents is 1. The summed E-state index contributed by atoms with van der Waals surface area (Å²) in [5.74, 6) is 0.424. The predicted octanol–water partition coefficient (Wildman–Crippen LogP) is 3.60. The standard InChI is InChI=1S/C25H31N5O2/c1-16-21(11-12-25(32)27-19-7-8-19)17(2)30-24(26-16)14-22(28-30)23-4-3-13-29(23)15-18-5-9-20(31)10-6-18/h5-6,9-10,14,19,23,31H,3-4,7-8,11-13,15H2,1-2H3,(H,27,32). The van der Waals surface area contributed by atoms with Gasteiger partial charge in [0.2, 0.25) is 5.91 Å². The van der Waals surface area contributed by atoms with Crippen LogP contribution in [-0.2, 0) is 17.8 Å². The van der Waals surface area contributed by atoms with Crippen LogP contribution in [0.1, 0.15) is 66.4 Å². The van der Waals surface area contributed by atoms with Crippen molar-refractivity contribution in [1.29, 1.82) is 0 Å². The van der Waals surface area contributed by atoms with Crippen molar-refractivity contribution in [3.05, 3.63) is 58.5 Å². The van der Waals surface area contributed by atoms with Gasteiger partial charge in [0.05, 0.1) is 11.7 Å². The molecule has 1 aliphatic carbocycles. The van der Waals surface area contributed by atoms with E-state index in [1.807, 2.05) is 23.6 Å². The Labute approximate surface area is 188 Å². The largest absolute Gasteiger partial charge is 0.508 e. The molecular formula is C25H31N5O2. The second-order valence-electron chi connectivity index (χ2n) is 9.24. The fraction of sp³-hybridized carbons (Fsp3) is 0.480. The van der Waals surface area contributed by atoms with Crippen molar-refractivity contribution in [3.8, 4) is 5.75 Å². The first kappa shape index (κ1) is 20.9. The van der Waals surface area contributed by atoms with Crippen molar-refractivity contribution < 1.29 is 9.90 Å². The van der Waals surface area contributed by atoms with Crippen LogP contribution in [-0.4, -0.2) is 43.1 Å². The minimum absolute atomic E-state index is 0.128. The molecule has 2 aromatic heterocycles. The molecule has 0 bridgehead atoms. The SMILES string of the molecule is Cc1nc2cc(C3CCCN3Cc3ccc(O)cc3)nn2c(C)c1CCC(=O)NC1CC1. The van der Waals surface area contributed by atoms with Crippen molar-refractivity contribution in [2.45, 2.75) is 71.0 Å². The number of likely N-dealkylation sites (tertiary alicyclic amines) is 1. The summed E-state index contributed by atoms with van der Waals surface area (Å²) in [6, 6.07) is 10.2. The third-order valence-corrected chi connectivity index (χ3v) is 6.75. The first-order valence-electron chi connectivity index (χ1n) is 11.6. The fourth-order valence-corrected chi connectivity index (χ4v) is 4.82. The Morgan fingerprint density at radius 3 is 2.72 bits per heavy atom. The van der Waals surface area contributed by atoms with Gasteiger partial charge in [-0.05, 0) is 75.8 Å². The summed E-state index contributed by atoms with van der Waals surface area (Å²) in [4.78, 5) is 19.4. The number of aromatic nitrogens is 3. The molecule has 2 aliphatic rings. The first-order valence-corrected chi connectivity index (χ1v) is 11.6. The molecule has 1 aromatic carbocycles. The molecule has 7 heteroatoms. The molecule has 1 unspecified atom stereocenters. The van der Waals surface area contributed by atoms with Gasteiger partial charge in [-0.25, -0.2) is 9.50 Å². The zero-order valence-electron chi connectivity index (χ0n) is 18.8. The molecule has 3 heterocycles. The molecule has 1 aliphatic heterocycles. The monoisotopic (exact) mass is 433 g/mol. The van der Waals surface area contributed by atoms with Gasteiger partial charge in [0.1, 0.15) is 5.75 Å². The number of aryl methyl sites for hydroxylation is 2. The van der Waals surface area contributed by atoms with E-state index in [9.17, 15) is 9.90 Å². The van der Waals surface area contributed by atoms with Crippen LogP contribution in [0.2, 0.25) is 0 Å². The Morgan fingerprint density at radius 2 is 1.97 bits per heavy atom. The third kappa shape index (κ3) is 4.35. The van der Waals surface area contributed by atoms with Crippen LogP contribution in [0.4, 0.5) is 0 Å². The van der Waals surface area contributed by atoms with Gasteiger partial charge in [-0.3, -0.25) is 9.69 Å². The lowest BCUT2D eigenvalue weighted by atomic mass is 10.1. The van der Waals surface area contributed by atoms with Crippen LogP contribution in [0, 0.1) is 13.8 Å². The maximum atomic E-state index is 12.2. The Morgan fingerprint density at radius 1 is 1.19 bits per heavy atom. The normalized spacial score (nSPS) is 19.0. The van der Waals surface area contributed by atoms with Crippen molar-refractivity contribution in [1.82, 2.24) is 24.8 Å². The molecule has 0 radical (unpaired) electrons. The van der Waals surface area contributed by atoms with Gasteiger partial charge in [0, 0.05) is 36.5 Å². The van der Waals surface area contributed by atoms with Crippen molar-refractivity contribution >= 4 is 11.6 Å². The van der Waals surface area contributed by atoms with Crippen LogP contribution in [0.25, 0.3) is 5.65 Å². The van der Waals surface area contributed by atoms with E-state index in [0.29, 0.717) is 24.6 Å². The summed E-state index contributed by atoms with van der Waals surface area (Å²) >= 11 is 0. The molecule has 7 nitrogen and oxygen atoms in total. The Balaban J connectivity index is 1.35. The van der Waals surface area contributed by atoms with Crippen molar-refractivity contribution in [2.24, 2.45) is 0 Å². The smallest absolute Gasteiger partial charge is 0.220 e. The average Bonchev–Trinajstić information content (AvgIpc) is 3.28. The summed E-state index contributed by atoms with van der Waals surface area (Å²) in [6.45, 7) is 5.98. The molecule has 1 saturated carbocycles. The van der Waals surface area contributed by atoms with Gasteiger partial charge in [0.25, 0.3) is 0 Å². The number of benzene rings is 1. The van der Waals surface area contributed by atoms with E-state index in [4.69, 9.17) is 10.1 Å². The molecule has 1 saturated heterocycles. The quantitative estimate of drug-likeness (QED) is 0.595. The molecule has 3 aromatic rings. The van der Waals surface area contributed by atoms with Gasteiger partial charge in [0.15, 0.2) is 5.65 Å². The van der Waals surface area contributed by atoms with Crippen LogP contribution in [0.5, 0.6) is 5.75 Å². The van der Waals surface area contributed by atoms with E-state index in [-0.39, 0.29) is 11.9 Å². The number of aromatic hydroxyl groups is 1. The topological polar surface area (TPSA) is 82.8 Å². The zero-order chi connectivity index (χ0) is 22.2. The predicted molar refractivity (Wildman–Crippen MR) is 122 cm³/mol. The highest BCUT2D eigenvalue weighted by Gasteiger charge is 2.29. The summed E-state index contributed by atoms with van der Waals surface area (Å²) < 4.78 is 1.95. The highest BCUT2D eigenvalue weighted by molar-refractivity contribution is 5.76. The maximum absolute atomic E-state index is 12.2. The Hall–Kier alpha value is -2.93. The molecule has 1 atom stereocenters. The summed E-state index contributed by atoms with van der Waals surface area (Å²) in [6.07, 6.45) is 5.61. The number of carbonyl (C=O) groups is 1. The van der Waals surface area contributed by atoms with E-state index >= 15 is 0 Å². The second-order valence-corrected chi connectivity index (χ2v) is 9.24.